The lowest BCUT2D eigenvalue weighted by atomic mass is 9.83. The Balaban J connectivity index is 1.64. The predicted octanol–water partition coefficient (Wildman–Crippen LogP) is -0.379. The third kappa shape index (κ3) is 2.54. The van der Waals surface area contributed by atoms with Crippen molar-refractivity contribution in [2.24, 2.45) is 11.7 Å². The van der Waals surface area contributed by atoms with E-state index in [1.807, 2.05) is 4.90 Å². The number of likely N-dealkylation sites (tertiary alicyclic amines) is 1. The van der Waals surface area contributed by atoms with E-state index >= 15 is 0 Å². The zero-order chi connectivity index (χ0) is 14.2. The van der Waals surface area contributed by atoms with Crippen LogP contribution >= 0.6 is 0 Å². The Labute approximate surface area is 119 Å². The van der Waals surface area contributed by atoms with Crippen LogP contribution in [-0.4, -0.2) is 54.6 Å². The van der Waals surface area contributed by atoms with Gasteiger partial charge in [0.05, 0.1) is 5.54 Å². The van der Waals surface area contributed by atoms with E-state index in [4.69, 9.17) is 10.5 Å². The molecule has 0 radical (unpaired) electrons. The minimum Gasteiger partial charge on any atom is -0.381 e. The molecule has 3 aliphatic rings. The SMILES string of the molecule is NC1(C(=O)N2CCC3NC(=O)CCC3C2)CCOCC1. The summed E-state index contributed by atoms with van der Waals surface area (Å²) in [5, 5.41) is 3.04. The van der Waals surface area contributed by atoms with Gasteiger partial charge in [0.15, 0.2) is 0 Å². The van der Waals surface area contributed by atoms with Crippen LogP contribution in [0.3, 0.4) is 0 Å². The second-order valence-corrected chi connectivity index (χ2v) is 6.28. The van der Waals surface area contributed by atoms with Crippen molar-refractivity contribution in [3.05, 3.63) is 0 Å². The van der Waals surface area contributed by atoms with Crippen LogP contribution in [0, 0.1) is 5.92 Å². The average molecular weight is 281 g/mol. The Hall–Kier alpha value is -1.14. The van der Waals surface area contributed by atoms with E-state index in [-0.39, 0.29) is 17.9 Å². The fraction of sp³-hybridized carbons (Fsp3) is 0.857. The highest BCUT2D eigenvalue weighted by Gasteiger charge is 2.42. The van der Waals surface area contributed by atoms with Gasteiger partial charge in [0.2, 0.25) is 11.8 Å². The van der Waals surface area contributed by atoms with Crippen LogP contribution in [0.25, 0.3) is 0 Å². The van der Waals surface area contributed by atoms with Crippen LogP contribution in [-0.2, 0) is 14.3 Å². The van der Waals surface area contributed by atoms with Gasteiger partial charge in [-0.05, 0) is 31.6 Å². The molecule has 0 aromatic carbocycles. The number of rotatable bonds is 1. The number of carbonyl (C=O) groups excluding carboxylic acids is 2. The van der Waals surface area contributed by atoms with Gasteiger partial charge in [-0.15, -0.1) is 0 Å². The number of carbonyl (C=O) groups is 2. The molecule has 20 heavy (non-hydrogen) atoms. The molecule has 6 heteroatoms. The maximum Gasteiger partial charge on any atom is 0.242 e. The van der Waals surface area contributed by atoms with E-state index in [1.54, 1.807) is 0 Å². The fourth-order valence-electron chi connectivity index (χ4n) is 3.56. The maximum absolute atomic E-state index is 12.7. The molecular weight excluding hydrogens is 258 g/mol. The normalized spacial score (nSPS) is 33.2. The lowest BCUT2D eigenvalue weighted by Crippen LogP contribution is -2.62. The highest BCUT2D eigenvalue weighted by molar-refractivity contribution is 5.86. The molecule has 2 amide bonds. The van der Waals surface area contributed by atoms with Crippen molar-refractivity contribution in [2.75, 3.05) is 26.3 Å². The van der Waals surface area contributed by atoms with Gasteiger partial charge in [-0.3, -0.25) is 9.59 Å². The van der Waals surface area contributed by atoms with Crippen molar-refractivity contribution in [1.82, 2.24) is 10.2 Å². The standard InChI is InChI=1S/C14H23N3O3/c15-14(4-7-20-8-5-14)13(19)17-6-3-11-10(9-17)1-2-12(18)16-11/h10-11H,1-9,15H2,(H,16,18). The molecule has 112 valence electrons. The first-order valence-electron chi connectivity index (χ1n) is 7.54. The third-order valence-electron chi connectivity index (χ3n) is 4.92. The number of hydrogen-bond acceptors (Lipinski definition) is 4. The van der Waals surface area contributed by atoms with Crippen LogP contribution in [0.2, 0.25) is 0 Å². The van der Waals surface area contributed by atoms with Gasteiger partial charge in [-0.2, -0.15) is 0 Å². The number of ether oxygens (including phenoxy) is 1. The summed E-state index contributed by atoms with van der Waals surface area (Å²) in [7, 11) is 0. The smallest absolute Gasteiger partial charge is 0.242 e. The quantitative estimate of drug-likeness (QED) is 0.686. The largest absolute Gasteiger partial charge is 0.381 e. The van der Waals surface area contributed by atoms with E-state index < -0.39 is 5.54 Å². The number of amides is 2. The van der Waals surface area contributed by atoms with E-state index in [9.17, 15) is 9.59 Å². The first kappa shape index (κ1) is 13.8. The van der Waals surface area contributed by atoms with Crippen molar-refractivity contribution in [3.63, 3.8) is 0 Å². The molecule has 0 bridgehead atoms. The Morgan fingerprint density at radius 3 is 2.85 bits per heavy atom. The highest BCUT2D eigenvalue weighted by Crippen LogP contribution is 2.28. The molecule has 6 nitrogen and oxygen atoms in total. The molecule has 3 heterocycles. The summed E-state index contributed by atoms with van der Waals surface area (Å²) in [5.74, 6) is 0.593. The molecule has 0 aromatic heterocycles. The minimum absolute atomic E-state index is 0.0659. The Kier molecular flexibility index (Phi) is 3.69. The first-order valence-corrected chi connectivity index (χ1v) is 7.54. The van der Waals surface area contributed by atoms with Gasteiger partial charge in [0.1, 0.15) is 0 Å². The summed E-state index contributed by atoms with van der Waals surface area (Å²) >= 11 is 0. The molecule has 3 rings (SSSR count). The lowest BCUT2D eigenvalue weighted by Gasteiger charge is -2.44. The van der Waals surface area contributed by atoms with Gasteiger partial charge >= 0.3 is 0 Å². The summed E-state index contributed by atoms with van der Waals surface area (Å²) < 4.78 is 5.30. The molecule has 3 saturated heterocycles. The lowest BCUT2D eigenvalue weighted by molar-refractivity contribution is -0.143. The molecular formula is C14H23N3O3. The number of hydrogen-bond donors (Lipinski definition) is 2. The summed E-state index contributed by atoms with van der Waals surface area (Å²) in [6, 6.07) is 0.240. The number of piperidine rings is 2. The molecule has 3 fully saturated rings. The minimum atomic E-state index is -0.747. The average Bonchev–Trinajstić information content (AvgIpc) is 2.46. The van der Waals surface area contributed by atoms with Gasteiger partial charge in [-0.25, -0.2) is 0 Å². The predicted molar refractivity (Wildman–Crippen MR) is 72.8 cm³/mol. The van der Waals surface area contributed by atoms with Crippen molar-refractivity contribution in [1.29, 1.82) is 0 Å². The Bertz CT molecular complexity index is 406. The van der Waals surface area contributed by atoms with E-state index in [0.29, 0.717) is 44.9 Å². The van der Waals surface area contributed by atoms with E-state index in [0.717, 1.165) is 19.4 Å². The molecule has 0 aliphatic carbocycles. The molecule has 0 spiro atoms. The zero-order valence-electron chi connectivity index (χ0n) is 11.8. The van der Waals surface area contributed by atoms with E-state index in [1.165, 1.54) is 0 Å². The van der Waals surface area contributed by atoms with Crippen LogP contribution in [0.15, 0.2) is 0 Å². The highest BCUT2D eigenvalue weighted by atomic mass is 16.5. The topological polar surface area (TPSA) is 84.7 Å². The summed E-state index contributed by atoms with van der Waals surface area (Å²) in [4.78, 5) is 26.0. The van der Waals surface area contributed by atoms with Gasteiger partial charge in [0.25, 0.3) is 0 Å². The molecule has 2 unspecified atom stereocenters. The number of fused-ring (bicyclic) bond motifs is 1. The summed E-state index contributed by atoms with van der Waals surface area (Å²) in [6.07, 6.45) is 3.50. The molecule has 0 aromatic rings. The monoisotopic (exact) mass is 281 g/mol. The zero-order valence-corrected chi connectivity index (χ0v) is 11.8. The third-order valence-corrected chi connectivity index (χ3v) is 4.92. The second-order valence-electron chi connectivity index (χ2n) is 6.28. The Morgan fingerprint density at radius 1 is 1.35 bits per heavy atom. The molecule has 3 N–H and O–H groups in total. The summed E-state index contributed by atoms with van der Waals surface area (Å²) in [5.41, 5.74) is 5.54. The fourth-order valence-corrected chi connectivity index (χ4v) is 3.56. The Morgan fingerprint density at radius 2 is 2.10 bits per heavy atom. The molecule has 3 aliphatic heterocycles. The second kappa shape index (κ2) is 5.33. The first-order chi connectivity index (χ1) is 9.58. The summed E-state index contributed by atoms with van der Waals surface area (Å²) in [6.45, 7) is 2.56. The molecule has 0 saturated carbocycles. The van der Waals surface area contributed by atoms with Crippen LogP contribution < -0.4 is 11.1 Å². The number of nitrogens with one attached hydrogen (secondary N) is 1. The van der Waals surface area contributed by atoms with E-state index in [2.05, 4.69) is 5.32 Å². The number of nitrogens with two attached hydrogens (primary N) is 1. The van der Waals surface area contributed by atoms with Crippen LogP contribution in [0.4, 0.5) is 0 Å². The van der Waals surface area contributed by atoms with Crippen molar-refractivity contribution in [2.45, 2.75) is 43.7 Å². The maximum atomic E-state index is 12.7. The van der Waals surface area contributed by atoms with Gasteiger partial charge in [-0.1, -0.05) is 0 Å². The van der Waals surface area contributed by atoms with Gasteiger partial charge < -0.3 is 20.7 Å². The van der Waals surface area contributed by atoms with Crippen LogP contribution in [0.5, 0.6) is 0 Å². The van der Waals surface area contributed by atoms with Gasteiger partial charge in [0, 0.05) is 38.8 Å². The number of nitrogens with zero attached hydrogens (tertiary/aromatic N) is 1. The van der Waals surface area contributed by atoms with Crippen molar-refractivity contribution in [3.8, 4) is 0 Å². The molecule has 2 atom stereocenters. The van der Waals surface area contributed by atoms with Crippen LogP contribution in [0.1, 0.15) is 32.1 Å². The van der Waals surface area contributed by atoms with Crippen molar-refractivity contribution >= 4 is 11.8 Å². The van der Waals surface area contributed by atoms with Crippen molar-refractivity contribution < 1.29 is 14.3 Å².